The topological polar surface area (TPSA) is 75.0 Å². The number of amides is 1. The van der Waals surface area contributed by atoms with Crippen molar-refractivity contribution in [1.29, 1.82) is 0 Å². The lowest BCUT2D eigenvalue weighted by Crippen LogP contribution is -2.66. The van der Waals surface area contributed by atoms with Crippen LogP contribution in [0.4, 0.5) is 0 Å². The summed E-state index contributed by atoms with van der Waals surface area (Å²) in [6.45, 7) is 0.456. The Hall–Kier alpha value is -3.74. The number of pyridine rings is 1. The highest BCUT2D eigenvalue weighted by molar-refractivity contribution is 5.96. The van der Waals surface area contributed by atoms with Gasteiger partial charge in [-0.2, -0.15) is 0 Å². The molecule has 1 saturated carbocycles. The number of ether oxygens (including phenoxy) is 1. The van der Waals surface area contributed by atoms with Crippen molar-refractivity contribution in [2.45, 2.75) is 43.9 Å². The highest BCUT2D eigenvalue weighted by atomic mass is 16.5. The number of fused-ring (bicyclic) bond motifs is 4. The number of rotatable bonds is 2. The van der Waals surface area contributed by atoms with Crippen molar-refractivity contribution in [1.82, 2.24) is 9.58 Å². The highest BCUT2D eigenvalue weighted by Crippen LogP contribution is 2.42. The Morgan fingerprint density at radius 2 is 1.67 bits per heavy atom. The summed E-state index contributed by atoms with van der Waals surface area (Å²) in [7, 11) is 0. The van der Waals surface area contributed by atoms with Crippen molar-refractivity contribution in [2.75, 3.05) is 11.6 Å². The van der Waals surface area contributed by atoms with Gasteiger partial charge in [-0.05, 0) is 30.9 Å². The second-order valence-electron chi connectivity index (χ2n) is 8.87. The van der Waals surface area contributed by atoms with Crippen molar-refractivity contribution >= 4 is 5.91 Å². The van der Waals surface area contributed by atoms with Gasteiger partial charge in [-0.15, -0.1) is 0 Å². The Morgan fingerprint density at radius 3 is 2.42 bits per heavy atom. The normalized spacial score (nSPS) is 22.2. The Balaban J connectivity index is 1.64. The quantitative estimate of drug-likeness (QED) is 0.657. The predicted octanol–water partition coefficient (Wildman–Crippen LogP) is 3.40. The van der Waals surface area contributed by atoms with Crippen molar-refractivity contribution in [2.24, 2.45) is 0 Å². The zero-order valence-electron chi connectivity index (χ0n) is 18.1. The van der Waals surface area contributed by atoms with Crippen LogP contribution < -0.4 is 15.2 Å². The maximum atomic E-state index is 13.7. The zero-order chi connectivity index (χ0) is 22.5. The van der Waals surface area contributed by atoms with Gasteiger partial charge in [0.05, 0.1) is 6.61 Å². The van der Waals surface area contributed by atoms with Crippen LogP contribution in [0.3, 0.4) is 0 Å². The van der Waals surface area contributed by atoms with Crippen molar-refractivity contribution < 1.29 is 14.6 Å². The minimum atomic E-state index is -0.548. The van der Waals surface area contributed by atoms with E-state index in [9.17, 15) is 14.7 Å². The largest absolute Gasteiger partial charge is 0.502 e. The van der Waals surface area contributed by atoms with Gasteiger partial charge in [-0.1, -0.05) is 48.5 Å². The maximum absolute atomic E-state index is 13.7. The summed E-state index contributed by atoms with van der Waals surface area (Å²) in [5.74, 6) is 0.00390. The number of para-hydroxylation sites is 1. The summed E-state index contributed by atoms with van der Waals surface area (Å²) in [6, 6.07) is 19.2. The average molecular weight is 444 g/mol. The Morgan fingerprint density at radius 1 is 0.909 bits per heavy atom. The fourth-order valence-corrected chi connectivity index (χ4v) is 5.30. The van der Waals surface area contributed by atoms with Gasteiger partial charge >= 0.3 is 0 Å². The molecule has 3 aliphatic rings. The number of hydrogen-bond acceptors (Lipinski definition) is 5. The molecule has 1 aromatic heterocycles. The molecule has 168 valence electrons. The van der Waals surface area contributed by atoms with Crippen molar-refractivity contribution in [3.63, 3.8) is 0 Å². The summed E-state index contributed by atoms with van der Waals surface area (Å²) in [5.41, 5.74) is 1.49. The van der Waals surface area contributed by atoms with Crippen LogP contribution in [-0.2, 0) is 0 Å². The predicted molar refractivity (Wildman–Crippen MR) is 123 cm³/mol. The Labute approximate surface area is 191 Å². The zero-order valence-corrected chi connectivity index (χ0v) is 18.1. The SMILES string of the molecule is O=C1c2c(O)c(=O)ccn2N2C(CCOc3ccccc3[C@H]2c2ccccc2)N1C1CCC1. The molecule has 2 aromatic carbocycles. The smallest absolute Gasteiger partial charge is 0.278 e. The fourth-order valence-electron chi connectivity index (χ4n) is 5.30. The molecule has 2 aliphatic heterocycles. The molecule has 3 aromatic rings. The van der Waals surface area contributed by atoms with E-state index in [4.69, 9.17) is 4.74 Å². The van der Waals surface area contributed by atoms with E-state index >= 15 is 0 Å². The van der Waals surface area contributed by atoms with Gasteiger partial charge in [-0.25, -0.2) is 0 Å². The molecule has 7 heteroatoms. The maximum Gasteiger partial charge on any atom is 0.278 e. The van der Waals surface area contributed by atoms with Gasteiger partial charge in [0.15, 0.2) is 11.4 Å². The van der Waals surface area contributed by atoms with E-state index in [2.05, 4.69) is 17.1 Å². The van der Waals surface area contributed by atoms with E-state index in [0.29, 0.717) is 13.0 Å². The van der Waals surface area contributed by atoms with Crippen molar-refractivity contribution in [3.8, 4) is 11.5 Å². The summed E-state index contributed by atoms with van der Waals surface area (Å²) < 4.78 is 7.89. The third kappa shape index (κ3) is 3.03. The molecule has 3 heterocycles. The summed E-state index contributed by atoms with van der Waals surface area (Å²) >= 11 is 0. The molecule has 6 rings (SSSR count). The van der Waals surface area contributed by atoms with E-state index in [1.54, 1.807) is 10.9 Å². The first-order chi connectivity index (χ1) is 16.1. The van der Waals surface area contributed by atoms with Gasteiger partial charge in [0, 0.05) is 30.3 Å². The van der Waals surface area contributed by atoms with E-state index in [1.807, 2.05) is 47.4 Å². The van der Waals surface area contributed by atoms with Crippen LogP contribution >= 0.6 is 0 Å². The number of carbonyl (C=O) groups excluding carboxylic acids is 1. The van der Waals surface area contributed by atoms with E-state index in [1.165, 1.54) is 6.07 Å². The lowest BCUT2D eigenvalue weighted by molar-refractivity contribution is 0.0213. The van der Waals surface area contributed by atoms with Crippen LogP contribution in [0, 0.1) is 0 Å². The number of aromatic hydroxyl groups is 1. The third-order valence-electron chi connectivity index (χ3n) is 7.06. The van der Waals surface area contributed by atoms with E-state index in [0.717, 1.165) is 36.1 Å². The molecule has 0 radical (unpaired) electrons. The molecular formula is C26H25N3O4. The Bertz CT molecular complexity index is 1270. The van der Waals surface area contributed by atoms with E-state index in [-0.39, 0.29) is 29.9 Å². The van der Waals surface area contributed by atoms with Crippen LogP contribution in [0.15, 0.2) is 71.7 Å². The molecule has 7 nitrogen and oxygen atoms in total. The number of benzene rings is 2. The Kier molecular flexibility index (Phi) is 4.64. The number of aromatic nitrogens is 1. The van der Waals surface area contributed by atoms with Crippen LogP contribution in [0.1, 0.15) is 53.3 Å². The monoisotopic (exact) mass is 443 g/mol. The first-order valence-electron chi connectivity index (χ1n) is 11.5. The van der Waals surface area contributed by atoms with Gasteiger partial charge in [-0.3, -0.25) is 19.3 Å². The minimum Gasteiger partial charge on any atom is -0.502 e. The molecule has 1 N–H and O–H groups in total. The number of hydrogen-bond donors (Lipinski definition) is 1. The van der Waals surface area contributed by atoms with Crippen LogP contribution in [0.25, 0.3) is 0 Å². The fraction of sp³-hybridized carbons (Fsp3) is 0.308. The summed E-state index contributed by atoms with van der Waals surface area (Å²) in [4.78, 5) is 27.9. The van der Waals surface area contributed by atoms with Crippen molar-refractivity contribution in [3.05, 3.63) is 93.9 Å². The lowest BCUT2D eigenvalue weighted by Gasteiger charge is -2.54. The molecule has 0 spiro atoms. The second-order valence-corrected chi connectivity index (χ2v) is 8.87. The standard InChI is InChI=1S/C26H25N3O4/c30-20-13-15-27-24(25(20)31)26(32)28(18-9-6-10-18)22-14-16-33-21-12-5-4-11-19(21)23(29(22)27)17-7-2-1-3-8-17/h1-5,7-8,11-13,15,18,22-23,31H,6,9-10,14,16H2/t22?,23-/m1/s1. The molecular weight excluding hydrogens is 418 g/mol. The molecule has 1 amide bonds. The van der Waals surface area contributed by atoms with Gasteiger partial charge < -0.3 is 14.7 Å². The molecule has 1 fully saturated rings. The molecule has 0 saturated heterocycles. The molecule has 1 unspecified atom stereocenters. The van der Waals surface area contributed by atoms with Gasteiger partial charge in [0.25, 0.3) is 5.91 Å². The number of nitrogens with zero attached hydrogens (tertiary/aromatic N) is 3. The summed E-state index contributed by atoms with van der Waals surface area (Å²) in [6.07, 6.45) is 4.84. The van der Waals surface area contributed by atoms with Gasteiger partial charge in [0.1, 0.15) is 18.0 Å². The first kappa shape index (κ1) is 19.9. The highest BCUT2D eigenvalue weighted by Gasteiger charge is 2.47. The molecule has 0 bridgehead atoms. The van der Waals surface area contributed by atoms with Gasteiger partial charge in [0.2, 0.25) is 5.43 Å². The van der Waals surface area contributed by atoms with Crippen LogP contribution in [0.5, 0.6) is 11.5 Å². The van der Waals surface area contributed by atoms with Crippen LogP contribution in [-0.4, -0.2) is 39.4 Å². The molecule has 1 aliphatic carbocycles. The average Bonchev–Trinajstić information content (AvgIpc) is 2.79. The first-order valence-corrected chi connectivity index (χ1v) is 11.5. The lowest BCUT2D eigenvalue weighted by atomic mass is 9.89. The third-order valence-corrected chi connectivity index (χ3v) is 7.06. The molecule has 2 atom stereocenters. The second kappa shape index (κ2) is 7.69. The van der Waals surface area contributed by atoms with Crippen LogP contribution in [0.2, 0.25) is 0 Å². The summed E-state index contributed by atoms with van der Waals surface area (Å²) in [5, 5.41) is 12.9. The number of carbonyl (C=O) groups is 1. The minimum absolute atomic E-state index is 0.0329. The van der Waals surface area contributed by atoms with E-state index < -0.39 is 11.2 Å². The molecule has 33 heavy (non-hydrogen) atoms.